The Labute approximate surface area is 178 Å². The van der Waals surface area contributed by atoms with E-state index < -0.39 is 26.8 Å². The lowest BCUT2D eigenvalue weighted by molar-refractivity contribution is 0.351. The van der Waals surface area contributed by atoms with E-state index in [2.05, 4.69) is 10.4 Å². The zero-order valence-corrected chi connectivity index (χ0v) is 19.5. The van der Waals surface area contributed by atoms with Crippen LogP contribution in [0.3, 0.4) is 0 Å². The van der Waals surface area contributed by atoms with E-state index in [0.29, 0.717) is 12.8 Å². The molecule has 0 saturated heterocycles. The standard InChI is InChI=1S/C18H38N2O8P2/c21-19-17(29(23,24)25)15-13-11-9-7-5-3-1-2-4-6-8-10-12-14-16-18(20-22)30(26,27)28/h17-18H,1-16H2,(H2,23,24,25)(H2,26,27,28). The van der Waals surface area contributed by atoms with Gasteiger partial charge >= 0.3 is 15.2 Å². The fourth-order valence-electron chi connectivity index (χ4n) is 3.34. The van der Waals surface area contributed by atoms with Crippen molar-refractivity contribution in [2.45, 2.75) is 114 Å². The van der Waals surface area contributed by atoms with E-state index in [4.69, 9.17) is 19.6 Å². The molecule has 0 aromatic heterocycles. The third-order valence-electron chi connectivity index (χ3n) is 5.19. The minimum Gasteiger partial charge on any atom is -0.323 e. The Hall–Kier alpha value is -0.500. The molecule has 4 N–H and O–H groups in total. The molecular weight excluding hydrogens is 434 g/mol. The number of unbranched alkanes of at least 4 members (excludes halogenated alkanes) is 13. The normalized spacial score (nSPS) is 14.4. The average molecular weight is 472 g/mol. The van der Waals surface area contributed by atoms with E-state index >= 15 is 0 Å². The van der Waals surface area contributed by atoms with E-state index in [-0.39, 0.29) is 12.8 Å². The fourth-order valence-corrected chi connectivity index (χ4v) is 4.62. The van der Waals surface area contributed by atoms with Crippen LogP contribution in [-0.4, -0.2) is 31.1 Å². The summed E-state index contributed by atoms with van der Waals surface area (Å²) in [6.45, 7) is 0. The van der Waals surface area contributed by atoms with Crippen molar-refractivity contribution in [3.63, 3.8) is 0 Å². The highest BCUT2D eigenvalue weighted by Crippen LogP contribution is 2.45. The van der Waals surface area contributed by atoms with Crippen LogP contribution in [0.2, 0.25) is 0 Å². The van der Waals surface area contributed by atoms with Crippen LogP contribution in [0.4, 0.5) is 0 Å². The maximum Gasteiger partial charge on any atom is 0.353 e. The third kappa shape index (κ3) is 16.2. The minimum absolute atomic E-state index is 0.145. The Balaban J connectivity index is 3.38. The zero-order valence-electron chi connectivity index (χ0n) is 17.7. The van der Waals surface area contributed by atoms with Crippen LogP contribution in [0.15, 0.2) is 10.4 Å². The molecule has 12 heteroatoms. The van der Waals surface area contributed by atoms with Crippen molar-refractivity contribution < 1.29 is 28.7 Å². The topological polar surface area (TPSA) is 174 Å². The van der Waals surface area contributed by atoms with Crippen molar-refractivity contribution in [2.24, 2.45) is 10.4 Å². The van der Waals surface area contributed by atoms with Gasteiger partial charge in [-0.1, -0.05) is 100 Å². The lowest BCUT2D eigenvalue weighted by atomic mass is 10.0. The van der Waals surface area contributed by atoms with Crippen LogP contribution in [-0.2, 0) is 9.13 Å². The molecule has 0 aliphatic carbocycles. The van der Waals surface area contributed by atoms with Gasteiger partial charge in [0.05, 0.1) is 0 Å². The Kier molecular flexibility index (Phi) is 16.8. The van der Waals surface area contributed by atoms with Gasteiger partial charge in [-0.2, -0.15) is 0 Å². The highest BCUT2D eigenvalue weighted by Gasteiger charge is 2.29. The van der Waals surface area contributed by atoms with Crippen LogP contribution >= 0.6 is 15.2 Å². The first-order valence-corrected chi connectivity index (χ1v) is 14.2. The van der Waals surface area contributed by atoms with E-state index in [1.54, 1.807) is 0 Å². The van der Waals surface area contributed by atoms with Crippen LogP contribution in [0, 0.1) is 9.81 Å². The summed E-state index contributed by atoms with van der Waals surface area (Å²) in [6, 6.07) is 0. The van der Waals surface area contributed by atoms with Crippen molar-refractivity contribution >= 4 is 15.2 Å². The highest BCUT2D eigenvalue weighted by atomic mass is 31.2. The van der Waals surface area contributed by atoms with Gasteiger partial charge in [0.1, 0.15) is 0 Å². The molecule has 0 spiro atoms. The largest absolute Gasteiger partial charge is 0.353 e. The van der Waals surface area contributed by atoms with Crippen LogP contribution in [0.25, 0.3) is 0 Å². The number of nitroso groups, excluding NO2 is 2. The van der Waals surface area contributed by atoms with Crippen molar-refractivity contribution in [3.05, 3.63) is 9.81 Å². The Morgan fingerprint density at radius 1 is 0.467 bits per heavy atom. The molecule has 10 nitrogen and oxygen atoms in total. The second-order valence-electron chi connectivity index (χ2n) is 7.88. The zero-order chi connectivity index (χ0) is 22.9. The monoisotopic (exact) mass is 472 g/mol. The number of rotatable bonds is 21. The van der Waals surface area contributed by atoms with Crippen LogP contribution < -0.4 is 0 Å². The van der Waals surface area contributed by atoms with Gasteiger partial charge in [-0.05, 0) is 12.8 Å². The molecule has 0 radical (unpaired) electrons. The highest BCUT2D eigenvalue weighted by molar-refractivity contribution is 7.52. The molecule has 2 atom stereocenters. The molecule has 0 heterocycles. The van der Waals surface area contributed by atoms with Gasteiger partial charge in [0.15, 0.2) is 11.6 Å². The molecule has 0 aliphatic heterocycles. The van der Waals surface area contributed by atoms with Crippen molar-refractivity contribution in [1.82, 2.24) is 0 Å². The molecule has 178 valence electrons. The van der Waals surface area contributed by atoms with Gasteiger partial charge in [-0.3, -0.25) is 9.13 Å². The Bertz CT molecular complexity index is 504. The van der Waals surface area contributed by atoms with Crippen molar-refractivity contribution in [3.8, 4) is 0 Å². The molecule has 0 aromatic rings. The smallest absolute Gasteiger partial charge is 0.323 e. The van der Waals surface area contributed by atoms with Gasteiger partial charge in [0.25, 0.3) is 0 Å². The number of nitrogens with zero attached hydrogens (tertiary/aromatic N) is 2. The van der Waals surface area contributed by atoms with Crippen LogP contribution in [0.1, 0.15) is 103 Å². The van der Waals surface area contributed by atoms with Gasteiger partial charge in [-0.25, -0.2) is 0 Å². The maximum absolute atomic E-state index is 11.0. The van der Waals surface area contributed by atoms with E-state index in [0.717, 1.165) is 51.4 Å². The number of hydrogen-bond donors (Lipinski definition) is 4. The summed E-state index contributed by atoms with van der Waals surface area (Å²) in [7, 11) is -8.80. The molecule has 30 heavy (non-hydrogen) atoms. The van der Waals surface area contributed by atoms with Crippen molar-refractivity contribution in [2.75, 3.05) is 0 Å². The molecule has 0 aromatic carbocycles. The first-order valence-electron chi connectivity index (χ1n) is 10.9. The second kappa shape index (κ2) is 17.1. The van der Waals surface area contributed by atoms with E-state index in [9.17, 15) is 18.9 Å². The molecule has 0 fully saturated rings. The first kappa shape index (κ1) is 29.5. The molecule has 0 saturated carbocycles. The summed E-state index contributed by atoms with van der Waals surface area (Å²) in [6.07, 6.45) is 14.3. The summed E-state index contributed by atoms with van der Waals surface area (Å²) in [5.74, 6) is -2.80. The van der Waals surface area contributed by atoms with E-state index in [1.165, 1.54) is 25.7 Å². The lowest BCUT2D eigenvalue weighted by Crippen LogP contribution is -2.04. The first-order chi connectivity index (χ1) is 14.1. The summed E-state index contributed by atoms with van der Waals surface area (Å²) < 4.78 is 21.9. The molecular formula is C18H38N2O8P2. The maximum atomic E-state index is 11.0. The molecule has 2 unspecified atom stereocenters. The van der Waals surface area contributed by atoms with Crippen LogP contribution in [0.5, 0.6) is 0 Å². The quantitative estimate of drug-likeness (QED) is 0.0925. The minimum atomic E-state index is -4.40. The van der Waals surface area contributed by atoms with Crippen molar-refractivity contribution in [1.29, 1.82) is 0 Å². The molecule has 0 rings (SSSR count). The SMILES string of the molecule is O=NC(CCCCCCCCCCCCCCCCC(N=O)P(=O)(O)O)P(=O)(O)O. The molecule has 0 bridgehead atoms. The molecule has 0 aliphatic rings. The second-order valence-corrected chi connectivity index (χ2v) is 11.4. The Morgan fingerprint density at radius 3 is 0.833 bits per heavy atom. The molecule has 0 amide bonds. The van der Waals surface area contributed by atoms with E-state index in [1.807, 2.05) is 0 Å². The lowest BCUT2D eigenvalue weighted by Gasteiger charge is -2.10. The summed E-state index contributed by atoms with van der Waals surface area (Å²) in [4.78, 5) is 56.5. The fraction of sp³-hybridized carbons (Fsp3) is 1.00. The van der Waals surface area contributed by atoms with Gasteiger partial charge < -0.3 is 19.6 Å². The third-order valence-corrected chi connectivity index (χ3v) is 7.45. The van der Waals surface area contributed by atoms with Gasteiger partial charge in [0, 0.05) is 0 Å². The van der Waals surface area contributed by atoms with Gasteiger partial charge in [-0.15, -0.1) is 9.81 Å². The summed E-state index contributed by atoms with van der Waals surface area (Å²) >= 11 is 0. The van der Waals surface area contributed by atoms with Gasteiger partial charge in [0.2, 0.25) is 0 Å². The Morgan fingerprint density at radius 2 is 0.667 bits per heavy atom. The average Bonchev–Trinajstić information content (AvgIpc) is 2.65. The predicted octanol–water partition coefficient (Wildman–Crippen LogP) is 5.77. The predicted molar refractivity (Wildman–Crippen MR) is 117 cm³/mol. The summed E-state index contributed by atoms with van der Waals surface area (Å²) in [5, 5.41) is 5.05. The summed E-state index contributed by atoms with van der Waals surface area (Å²) in [5.41, 5.74) is 0. The number of hydrogen-bond acceptors (Lipinski definition) is 6.